The Kier molecular flexibility index (Phi) is 5.98. The summed E-state index contributed by atoms with van der Waals surface area (Å²) in [4.78, 5) is 11.5. The minimum Gasteiger partial charge on any atom is -0.497 e. The van der Waals surface area contributed by atoms with Crippen molar-refractivity contribution in [3.8, 4) is 5.75 Å². The van der Waals surface area contributed by atoms with Crippen molar-refractivity contribution in [2.24, 2.45) is 0 Å². The number of methoxy groups -OCH3 is 1. The highest BCUT2D eigenvalue weighted by Crippen LogP contribution is 2.28. The molecule has 1 aliphatic rings. The standard InChI is InChI=1S/C17H22O5/c1-4-20-17(18)8-6-13-5-7-14(19-3)9-16(13)12(2)21-10-15-11-22-15/h5-9,12,15H,4,10-11H2,1-3H3/b8-6+/t12-,15?/m1/s1. The average Bonchev–Trinajstić information content (AvgIpc) is 3.35. The number of epoxide rings is 1. The number of benzene rings is 1. The van der Waals surface area contributed by atoms with E-state index in [4.69, 9.17) is 18.9 Å². The van der Waals surface area contributed by atoms with Gasteiger partial charge >= 0.3 is 5.97 Å². The van der Waals surface area contributed by atoms with E-state index < -0.39 is 0 Å². The number of carbonyl (C=O) groups excluding carboxylic acids is 1. The maximum atomic E-state index is 11.5. The summed E-state index contributed by atoms with van der Waals surface area (Å²) >= 11 is 0. The molecule has 0 aromatic heterocycles. The van der Waals surface area contributed by atoms with E-state index in [1.54, 1.807) is 20.1 Å². The smallest absolute Gasteiger partial charge is 0.330 e. The molecule has 0 N–H and O–H groups in total. The van der Waals surface area contributed by atoms with Gasteiger partial charge in [0.2, 0.25) is 0 Å². The highest BCUT2D eigenvalue weighted by Gasteiger charge is 2.24. The summed E-state index contributed by atoms with van der Waals surface area (Å²) in [6.07, 6.45) is 3.25. The molecule has 2 atom stereocenters. The Labute approximate surface area is 130 Å². The van der Waals surface area contributed by atoms with Crippen molar-refractivity contribution in [1.29, 1.82) is 0 Å². The second-order valence-electron chi connectivity index (χ2n) is 5.01. The van der Waals surface area contributed by atoms with E-state index in [1.807, 2.05) is 25.1 Å². The van der Waals surface area contributed by atoms with Crippen LogP contribution < -0.4 is 4.74 Å². The molecule has 22 heavy (non-hydrogen) atoms. The largest absolute Gasteiger partial charge is 0.497 e. The molecular formula is C17H22O5. The van der Waals surface area contributed by atoms with Crippen LogP contribution in [0, 0.1) is 0 Å². The minimum atomic E-state index is -0.357. The van der Waals surface area contributed by atoms with Crippen LogP contribution in [-0.4, -0.2) is 39.0 Å². The number of esters is 1. The maximum Gasteiger partial charge on any atom is 0.330 e. The van der Waals surface area contributed by atoms with Gasteiger partial charge in [-0.3, -0.25) is 0 Å². The summed E-state index contributed by atoms with van der Waals surface area (Å²) in [6.45, 7) is 5.44. The van der Waals surface area contributed by atoms with Gasteiger partial charge in [-0.2, -0.15) is 0 Å². The average molecular weight is 306 g/mol. The van der Waals surface area contributed by atoms with Gasteiger partial charge in [0.25, 0.3) is 0 Å². The topological polar surface area (TPSA) is 57.3 Å². The molecule has 0 aliphatic carbocycles. The number of hydrogen-bond donors (Lipinski definition) is 0. The summed E-state index contributed by atoms with van der Waals surface area (Å²) in [7, 11) is 1.62. The van der Waals surface area contributed by atoms with Gasteiger partial charge in [-0.25, -0.2) is 4.79 Å². The summed E-state index contributed by atoms with van der Waals surface area (Å²) in [5.41, 5.74) is 1.86. The molecule has 1 fully saturated rings. The van der Waals surface area contributed by atoms with Gasteiger partial charge in [0.15, 0.2) is 0 Å². The summed E-state index contributed by atoms with van der Waals surface area (Å²) in [5, 5.41) is 0. The van der Waals surface area contributed by atoms with Crippen LogP contribution >= 0.6 is 0 Å². The zero-order valence-corrected chi connectivity index (χ0v) is 13.2. The van der Waals surface area contributed by atoms with E-state index in [9.17, 15) is 4.79 Å². The summed E-state index contributed by atoms with van der Waals surface area (Å²) in [5.74, 6) is 0.394. The van der Waals surface area contributed by atoms with Crippen LogP contribution in [0.4, 0.5) is 0 Å². The first-order chi connectivity index (χ1) is 10.6. The zero-order valence-electron chi connectivity index (χ0n) is 13.2. The molecule has 5 nitrogen and oxygen atoms in total. The van der Waals surface area contributed by atoms with Crippen molar-refractivity contribution in [2.45, 2.75) is 26.1 Å². The Morgan fingerprint density at radius 3 is 2.91 bits per heavy atom. The molecule has 2 rings (SSSR count). The number of rotatable bonds is 8. The highest BCUT2D eigenvalue weighted by molar-refractivity contribution is 5.87. The Hall–Kier alpha value is -1.85. The van der Waals surface area contributed by atoms with Gasteiger partial charge in [-0.15, -0.1) is 0 Å². The number of ether oxygens (including phenoxy) is 4. The molecule has 1 aromatic carbocycles. The van der Waals surface area contributed by atoms with Gasteiger partial charge in [-0.05, 0) is 43.2 Å². The van der Waals surface area contributed by atoms with E-state index in [-0.39, 0.29) is 18.2 Å². The van der Waals surface area contributed by atoms with E-state index in [1.165, 1.54) is 6.08 Å². The van der Waals surface area contributed by atoms with E-state index in [0.29, 0.717) is 13.2 Å². The van der Waals surface area contributed by atoms with E-state index in [2.05, 4.69) is 0 Å². The lowest BCUT2D eigenvalue weighted by atomic mass is 10.0. The van der Waals surface area contributed by atoms with Crippen LogP contribution in [0.1, 0.15) is 31.1 Å². The third kappa shape index (κ3) is 4.86. The summed E-state index contributed by atoms with van der Waals surface area (Å²) < 4.78 is 21.1. The van der Waals surface area contributed by atoms with Gasteiger partial charge in [-0.1, -0.05) is 6.07 Å². The van der Waals surface area contributed by atoms with Crippen LogP contribution in [-0.2, 0) is 19.0 Å². The summed E-state index contributed by atoms with van der Waals surface area (Å²) in [6, 6.07) is 5.67. The fourth-order valence-corrected chi connectivity index (χ4v) is 2.04. The Morgan fingerprint density at radius 2 is 2.27 bits per heavy atom. The van der Waals surface area contributed by atoms with Crippen molar-refractivity contribution in [1.82, 2.24) is 0 Å². The van der Waals surface area contributed by atoms with Crippen molar-refractivity contribution in [2.75, 3.05) is 26.9 Å². The first kappa shape index (κ1) is 16.5. The zero-order chi connectivity index (χ0) is 15.9. The Morgan fingerprint density at radius 1 is 1.50 bits per heavy atom. The van der Waals surface area contributed by atoms with E-state index >= 15 is 0 Å². The van der Waals surface area contributed by atoms with E-state index in [0.717, 1.165) is 23.5 Å². The molecule has 0 radical (unpaired) electrons. The van der Waals surface area contributed by atoms with Gasteiger partial charge in [0.05, 0.1) is 33.0 Å². The number of hydrogen-bond acceptors (Lipinski definition) is 5. The first-order valence-electron chi connectivity index (χ1n) is 7.40. The molecule has 1 aliphatic heterocycles. The van der Waals surface area contributed by atoms with Gasteiger partial charge in [0.1, 0.15) is 11.9 Å². The van der Waals surface area contributed by atoms with Crippen molar-refractivity contribution in [3.63, 3.8) is 0 Å². The molecule has 1 heterocycles. The minimum absolute atomic E-state index is 0.124. The lowest BCUT2D eigenvalue weighted by molar-refractivity contribution is -0.137. The first-order valence-corrected chi connectivity index (χ1v) is 7.40. The molecule has 0 spiro atoms. The lowest BCUT2D eigenvalue weighted by Crippen LogP contribution is -2.08. The quantitative estimate of drug-likeness (QED) is 0.420. The molecule has 0 bridgehead atoms. The van der Waals surface area contributed by atoms with Crippen LogP contribution in [0.5, 0.6) is 5.75 Å². The third-order valence-electron chi connectivity index (χ3n) is 3.35. The Balaban J connectivity index is 2.13. The molecule has 120 valence electrons. The van der Waals surface area contributed by atoms with Crippen LogP contribution in [0.25, 0.3) is 6.08 Å². The molecule has 0 saturated carbocycles. The van der Waals surface area contributed by atoms with Crippen LogP contribution in [0.15, 0.2) is 24.3 Å². The van der Waals surface area contributed by atoms with Crippen molar-refractivity contribution < 1.29 is 23.7 Å². The van der Waals surface area contributed by atoms with Crippen molar-refractivity contribution in [3.05, 3.63) is 35.4 Å². The fraction of sp³-hybridized carbons (Fsp3) is 0.471. The van der Waals surface area contributed by atoms with Gasteiger partial charge in [0, 0.05) is 6.08 Å². The highest BCUT2D eigenvalue weighted by atomic mass is 16.6. The van der Waals surface area contributed by atoms with Crippen molar-refractivity contribution >= 4 is 12.0 Å². The number of carbonyl (C=O) groups is 1. The second kappa shape index (κ2) is 7.96. The lowest BCUT2D eigenvalue weighted by Gasteiger charge is -2.16. The normalized spacial score (nSPS) is 18.2. The predicted molar refractivity (Wildman–Crippen MR) is 82.8 cm³/mol. The molecule has 1 unspecified atom stereocenters. The van der Waals surface area contributed by atoms with Crippen LogP contribution in [0.2, 0.25) is 0 Å². The Bertz CT molecular complexity index is 534. The van der Waals surface area contributed by atoms with Crippen LogP contribution in [0.3, 0.4) is 0 Å². The fourth-order valence-electron chi connectivity index (χ4n) is 2.04. The molecule has 1 aromatic rings. The SMILES string of the molecule is CCOC(=O)/C=C/c1ccc(OC)cc1[C@@H](C)OCC1CO1. The molecule has 0 amide bonds. The maximum absolute atomic E-state index is 11.5. The second-order valence-corrected chi connectivity index (χ2v) is 5.01. The monoisotopic (exact) mass is 306 g/mol. The molecular weight excluding hydrogens is 284 g/mol. The predicted octanol–water partition coefficient (Wildman–Crippen LogP) is 2.75. The van der Waals surface area contributed by atoms with Gasteiger partial charge < -0.3 is 18.9 Å². The molecule has 1 saturated heterocycles. The third-order valence-corrected chi connectivity index (χ3v) is 3.35. The molecule has 5 heteroatoms.